The third-order valence-electron chi connectivity index (χ3n) is 4.07. The van der Waals surface area contributed by atoms with Gasteiger partial charge in [-0.3, -0.25) is 0 Å². The van der Waals surface area contributed by atoms with Crippen LogP contribution in [0, 0.1) is 0 Å². The molecule has 1 aromatic carbocycles. The normalized spacial score (nSPS) is 17.2. The fraction of sp³-hybridized carbons (Fsp3) is 0.647. The lowest BCUT2D eigenvalue weighted by Gasteiger charge is -2.23. The van der Waals surface area contributed by atoms with Gasteiger partial charge in [0.2, 0.25) is 0 Å². The minimum absolute atomic E-state index is 0.111. The molecule has 2 unspecified atom stereocenters. The third-order valence-corrected chi connectivity index (χ3v) is 4.07. The number of hydrogen-bond donors (Lipinski definition) is 1. The molecule has 0 radical (unpaired) electrons. The highest BCUT2D eigenvalue weighted by Gasteiger charge is 2.18. The molecule has 2 heteroatoms. The first-order chi connectivity index (χ1) is 9.24. The van der Waals surface area contributed by atoms with E-state index in [0.717, 1.165) is 25.9 Å². The highest BCUT2D eigenvalue weighted by atomic mass is 16.5. The van der Waals surface area contributed by atoms with Crippen LogP contribution in [0.2, 0.25) is 0 Å². The topological polar surface area (TPSA) is 35.2 Å². The molecular formula is C17H27NO. The van der Waals surface area contributed by atoms with E-state index in [0.29, 0.717) is 0 Å². The summed E-state index contributed by atoms with van der Waals surface area (Å²) in [6.07, 6.45) is 7.10. The van der Waals surface area contributed by atoms with E-state index >= 15 is 0 Å². The van der Waals surface area contributed by atoms with Crippen LogP contribution < -0.4 is 5.73 Å². The lowest BCUT2D eigenvalue weighted by Crippen LogP contribution is -2.38. The smallest absolute Gasteiger partial charge is 0.0728 e. The maximum Gasteiger partial charge on any atom is 0.0728 e. The van der Waals surface area contributed by atoms with Crippen LogP contribution in [0.5, 0.6) is 0 Å². The van der Waals surface area contributed by atoms with Crippen LogP contribution in [0.3, 0.4) is 0 Å². The van der Waals surface area contributed by atoms with Gasteiger partial charge < -0.3 is 10.5 Å². The Hall–Kier alpha value is -0.860. The molecule has 1 aliphatic rings. The van der Waals surface area contributed by atoms with Crippen molar-refractivity contribution in [1.29, 1.82) is 0 Å². The summed E-state index contributed by atoms with van der Waals surface area (Å²) < 4.78 is 5.78. The van der Waals surface area contributed by atoms with Gasteiger partial charge in [0.25, 0.3) is 0 Å². The Labute approximate surface area is 117 Å². The van der Waals surface area contributed by atoms with Crippen LogP contribution in [0.1, 0.15) is 49.8 Å². The van der Waals surface area contributed by atoms with Crippen LogP contribution in [0.25, 0.3) is 0 Å². The first-order valence-electron chi connectivity index (χ1n) is 7.72. The van der Waals surface area contributed by atoms with Crippen LogP contribution >= 0.6 is 0 Å². The summed E-state index contributed by atoms with van der Waals surface area (Å²) in [6.45, 7) is 4.99. The van der Waals surface area contributed by atoms with Crippen LogP contribution in [0.4, 0.5) is 0 Å². The Kier molecular flexibility index (Phi) is 5.41. The average molecular weight is 261 g/mol. The van der Waals surface area contributed by atoms with Crippen LogP contribution in [-0.2, 0) is 24.0 Å². The van der Waals surface area contributed by atoms with Crippen molar-refractivity contribution >= 4 is 0 Å². The zero-order valence-electron chi connectivity index (χ0n) is 12.3. The molecule has 106 valence electrons. The largest absolute Gasteiger partial charge is 0.377 e. The van der Waals surface area contributed by atoms with Gasteiger partial charge in [-0.05, 0) is 55.7 Å². The molecule has 0 saturated carbocycles. The molecule has 0 heterocycles. The third kappa shape index (κ3) is 3.80. The Morgan fingerprint density at radius 2 is 2.00 bits per heavy atom. The van der Waals surface area contributed by atoms with Crippen molar-refractivity contribution in [3.63, 3.8) is 0 Å². The predicted octanol–water partition coefficient (Wildman–Crippen LogP) is 3.25. The van der Waals surface area contributed by atoms with Gasteiger partial charge in [0.05, 0.1) is 6.10 Å². The summed E-state index contributed by atoms with van der Waals surface area (Å²) >= 11 is 0. The quantitative estimate of drug-likeness (QED) is 0.817. The van der Waals surface area contributed by atoms with Gasteiger partial charge >= 0.3 is 0 Å². The van der Waals surface area contributed by atoms with Crippen molar-refractivity contribution < 1.29 is 4.74 Å². The van der Waals surface area contributed by atoms with Crippen molar-refractivity contribution in [3.8, 4) is 0 Å². The number of nitrogens with two attached hydrogens (primary N) is 1. The molecule has 0 fully saturated rings. The van der Waals surface area contributed by atoms with Crippen molar-refractivity contribution in [1.82, 2.24) is 0 Å². The van der Waals surface area contributed by atoms with Gasteiger partial charge in [0, 0.05) is 12.6 Å². The summed E-state index contributed by atoms with van der Waals surface area (Å²) in [5.41, 5.74) is 10.8. The lowest BCUT2D eigenvalue weighted by atomic mass is 9.97. The minimum atomic E-state index is 0.111. The number of fused-ring (bicyclic) bond motifs is 1. The highest BCUT2D eigenvalue weighted by molar-refractivity contribution is 5.35. The Morgan fingerprint density at radius 3 is 2.74 bits per heavy atom. The van der Waals surface area contributed by atoms with Crippen LogP contribution in [-0.4, -0.2) is 18.8 Å². The minimum Gasteiger partial charge on any atom is -0.377 e. The number of benzene rings is 1. The summed E-state index contributed by atoms with van der Waals surface area (Å²) in [6, 6.07) is 7.01. The van der Waals surface area contributed by atoms with Crippen molar-refractivity contribution in [2.24, 2.45) is 5.73 Å². The van der Waals surface area contributed by atoms with Gasteiger partial charge in [0.15, 0.2) is 0 Å². The van der Waals surface area contributed by atoms with E-state index in [1.807, 2.05) is 6.92 Å². The summed E-state index contributed by atoms with van der Waals surface area (Å²) in [7, 11) is 0. The lowest BCUT2D eigenvalue weighted by molar-refractivity contribution is 0.0378. The molecule has 0 spiro atoms. The average Bonchev–Trinajstić information content (AvgIpc) is 2.86. The standard InChI is InChI=1S/C17H27NO/c1-3-6-17(19-4-2)16(18)12-13-9-10-14-7-5-8-15(14)11-13/h9-11,16-17H,3-8,12,18H2,1-2H3. The molecular weight excluding hydrogens is 234 g/mol. The second-order valence-electron chi connectivity index (χ2n) is 5.61. The molecule has 1 aliphatic carbocycles. The number of aryl methyl sites for hydroxylation is 2. The molecule has 0 aromatic heterocycles. The maximum atomic E-state index is 6.34. The second kappa shape index (κ2) is 7.06. The molecule has 1 aromatic rings. The monoisotopic (exact) mass is 261 g/mol. The van der Waals surface area contributed by atoms with Gasteiger partial charge in [-0.15, -0.1) is 0 Å². The van der Waals surface area contributed by atoms with E-state index in [-0.39, 0.29) is 12.1 Å². The molecule has 0 bridgehead atoms. The molecule has 2 N–H and O–H groups in total. The fourth-order valence-corrected chi connectivity index (χ4v) is 3.08. The Balaban J connectivity index is 1.98. The Bertz CT molecular complexity index is 396. The summed E-state index contributed by atoms with van der Waals surface area (Å²) in [4.78, 5) is 0. The summed E-state index contributed by atoms with van der Waals surface area (Å²) in [5.74, 6) is 0. The van der Waals surface area contributed by atoms with Crippen molar-refractivity contribution in [2.45, 2.75) is 64.5 Å². The molecule has 0 aliphatic heterocycles. The maximum absolute atomic E-state index is 6.34. The number of rotatable bonds is 7. The number of hydrogen-bond acceptors (Lipinski definition) is 2. The van der Waals surface area contributed by atoms with Gasteiger partial charge in [-0.1, -0.05) is 31.5 Å². The molecule has 0 saturated heterocycles. The first kappa shape index (κ1) is 14.5. The molecule has 2 nitrogen and oxygen atoms in total. The molecule has 2 atom stereocenters. The van der Waals surface area contributed by atoms with E-state index in [1.54, 1.807) is 0 Å². The van der Waals surface area contributed by atoms with Crippen LogP contribution in [0.15, 0.2) is 18.2 Å². The van der Waals surface area contributed by atoms with E-state index in [4.69, 9.17) is 10.5 Å². The molecule has 0 amide bonds. The van der Waals surface area contributed by atoms with Gasteiger partial charge in [-0.2, -0.15) is 0 Å². The zero-order chi connectivity index (χ0) is 13.7. The van der Waals surface area contributed by atoms with Crippen molar-refractivity contribution in [3.05, 3.63) is 34.9 Å². The van der Waals surface area contributed by atoms with Crippen molar-refractivity contribution in [2.75, 3.05) is 6.61 Å². The molecule has 19 heavy (non-hydrogen) atoms. The highest BCUT2D eigenvalue weighted by Crippen LogP contribution is 2.23. The summed E-state index contributed by atoms with van der Waals surface area (Å²) in [5, 5.41) is 0. The zero-order valence-corrected chi connectivity index (χ0v) is 12.3. The Morgan fingerprint density at radius 1 is 1.21 bits per heavy atom. The predicted molar refractivity (Wildman–Crippen MR) is 80.5 cm³/mol. The van der Waals surface area contributed by atoms with Gasteiger partial charge in [-0.25, -0.2) is 0 Å². The first-order valence-corrected chi connectivity index (χ1v) is 7.72. The van der Waals surface area contributed by atoms with E-state index in [2.05, 4.69) is 25.1 Å². The number of ether oxygens (including phenoxy) is 1. The van der Waals surface area contributed by atoms with E-state index < -0.39 is 0 Å². The SMILES string of the molecule is CCCC(OCC)C(N)Cc1ccc2c(c1)CCC2. The molecule has 2 rings (SSSR count). The van der Waals surface area contributed by atoms with E-state index in [9.17, 15) is 0 Å². The second-order valence-corrected chi connectivity index (χ2v) is 5.61. The van der Waals surface area contributed by atoms with E-state index in [1.165, 1.54) is 36.0 Å². The van der Waals surface area contributed by atoms with Gasteiger partial charge in [0.1, 0.15) is 0 Å². The fourth-order valence-electron chi connectivity index (χ4n) is 3.08.